The van der Waals surface area contributed by atoms with Crippen LogP contribution in [0.4, 0.5) is 0 Å². The molecule has 2 bridgehead atoms. The molecule has 4 saturated heterocycles. The minimum atomic E-state index is 0.504. The van der Waals surface area contributed by atoms with Gasteiger partial charge in [0.1, 0.15) is 0 Å². The third kappa shape index (κ3) is 2.87. The van der Waals surface area contributed by atoms with Gasteiger partial charge in [-0.1, -0.05) is 30.3 Å². The highest BCUT2D eigenvalue weighted by Crippen LogP contribution is 2.32. The fourth-order valence-corrected chi connectivity index (χ4v) is 4.51. The standard InChI is InChI=1S/C18H27N3/c1-2-5-15(6-3-1)17-13-21(10-4-9-19-17)18-14-20-11-7-16(18)8-12-20/h1-3,5-6,16-19H,4,7-14H2. The van der Waals surface area contributed by atoms with Crippen molar-refractivity contribution in [3.8, 4) is 0 Å². The molecule has 114 valence electrons. The summed E-state index contributed by atoms with van der Waals surface area (Å²) in [5, 5.41) is 3.76. The maximum absolute atomic E-state index is 3.76. The topological polar surface area (TPSA) is 18.5 Å². The molecule has 21 heavy (non-hydrogen) atoms. The van der Waals surface area contributed by atoms with Gasteiger partial charge in [0.15, 0.2) is 0 Å². The maximum atomic E-state index is 3.76. The van der Waals surface area contributed by atoms with Crippen LogP contribution in [-0.2, 0) is 0 Å². The summed E-state index contributed by atoms with van der Waals surface area (Å²) in [6.07, 6.45) is 4.13. The number of hydrogen-bond donors (Lipinski definition) is 1. The number of fused-ring (bicyclic) bond motifs is 3. The lowest BCUT2D eigenvalue weighted by Gasteiger charge is -2.49. The van der Waals surface area contributed by atoms with Crippen LogP contribution in [0, 0.1) is 5.92 Å². The van der Waals surface area contributed by atoms with E-state index in [2.05, 4.69) is 45.4 Å². The number of nitrogens with one attached hydrogen (secondary N) is 1. The molecule has 4 aliphatic rings. The van der Waals surface area contributed by atoms with E-state index in [0.717, 1.165) is 18.5 Å². The van der Waals surface area contributed by atoms with Gasteiger partial charge in [-0.2, -0.15) is 0 Å². The van der Waals surface area contributed by atoms with Gasteiger partial charge >= 0.3 is 0 Å². The summed E-state index contributed by atoms with van der Waals surface area (Å²) in [4.78, 5) is 5.48. The third-order valence-corrected chi connectivity index (χ3v) is 5.72. The molecule has 2 unspecified atom stereocenters. The fourth-order valence-electron chi connectivity index (χ4n) is 4.51. The average Bonchev–Trinajstić information content (AvgIpc) is 2.83. The summed E-state index contributed by atoms with van der Waals surface area (Å²) in [5.41, 5.74) is 1.45. The molecule has 0 saturated carbocycles. The van der Waals surface area contributed by atoms with Crippen molar-refractivity contribution in [3.63, 3.8) is 0 Å². The van der Waals surface area contributed by atoms with E-state index in [1.54, 1.807) is 0 Å². The molecular formula is C18H27N3. The van der Waals surface area contributed by atoms with Crippen LogP contribution in [0.25, 0.3) is 0 Å². The smallest absolute Gasteiger partial charge is 0.0449 e. The lowest BCUT2D eigenvalue weighted by Crippen LogP contribution is -2.58. The predicted molar refractivity (Wildman–Crippen MR) is 86.3 cm³/mol. The Bertz CT molecular complexity index is 453. The van der Waals surface area contributed by atoms with E-state index in [1.807, 2.05) is 0 Å². The first-order valence-corrected chi connectivity index (χ1v) is 8.65. The summed E-state index contributed by atoms with van der Waals surface area (Å²) >= 11 is 0. The van der Waals surface area contributed by atoms with Gasteiger partial charge < -0.3 is 10.2 Å². The zero-order valence-electron chi connectivity index (χ0n) is 12.9. The molecule has 4 fully saturated rings. The normalized spacial score (nSPS) is 37.3. The zero-order chi connectivity index (χ0) is 14.1. The Balaban J connectivity index is 1.50. The van der Waals surface area contributed by atoms with E-state index in [9.17, 15) is 0 Å². The van der Waals surface area contributed by atoms with Crippen LogP contribution >= 0.6 is 0 Å². The van der Waals surface area contributed by atoms with Gasteiger partial charge in [-0.3, -0.25) is 4.90 Å². The van der Waals surface area contributed by atoms with Gasteiger partial charge in [0.25, 0.3) is 0 Å². The lowest BCUT2D eigenvalue weighted by molar-refractivity contribution is 0.00462. The van der Waals surface area contributed by atoms with E-state index >= 15 is 0 Å². The average molecular weight is 285 g/mol. The van der Waals surface area contributed by atoms with E-state index in [1.165, 1.54) is 57.5 Å². The van der Waals surface area contributed by atoms with Crippen molar-refractivity contribution in [1.29, 1.82) is 0 Å². The second kappa shape index (κ2) is 6.07. The summed E-state index contributed by atoms with van der Waals surface area (Å²) in [6, 6.07) is 12.3. The highest BCUT2D eigenvalue weighted by molar-refractivity contribution is 5.19. The van der Waals surface area contributed by atoms with E-state index in [-0.39, 0.29) is 0 Å². The second-order valence-corrected chi connectivity index (χ2v) is 6.97. The Kier molecular flexibility index (Phi) is 3.97. The summed E-state index contributed by atoms with van der Waals surface area (Å²) in [7, 11) is 0. The SMILES string of the molecule is c1ccc(C2CN(C3CN4CCC3CC4)CCCN2)cc1. The molecule has 0 amide bonds. The molecule has 0 aromatic heterocycles. The molecule has 3 heteroatoms. The fraction of sp³-hybridized carbons (Fsp3) is 0.667. The van der Waals surface area contributed by atoms with Gasteiger partial charge in [-0.05, 0) is 56.9 Å². The van der Waals surface area contributed by atoms with Crippen LogP contribution < -0.4 is 5.32 Å². The number of benzene rings is 1. The van der Waals surface area contributed by atoms with Crippen LogP contribution in [0.2, 0.25) is 0 Å². The van der Waals surface area contributed by atoms with Gasteiger partial charge in [0, 0.05) is 25.2 Å². The lowest BCUT2D eigenvalue weighted by atomic mass is 9.83. The zero-order valence-corrected chi connectivity index (χ0v) is 12.9. The molecule has 0 aliphatic carbocycles. The summed E-state index contributed by atoms with van der Waals surface area (Å²) in [5.74, 6) is 0.949. The largest absolute Gasteiger partial charge is 0.309 e. The van der Waals surface area contributed by atoms with E-state index in [4.69, 9.17) is 0 Å². The van der Waals surface area contributed by atoms with E-state index in [0.29, 0.717) is 6.04 Å². The first kappa shape index (κ1) is 13.7. The van der Waals surface area contributed by atoms with Crippen molar-refractivity contribution < 1.29 is 0 Å². The molecule has 1 aromatic carbocycles. The molecule has 0 radical (unpaired) electrons. The van der Waals surface area contributed by atoms with Crippen molar-refractivity contribution in [3.05, 3.63) is 35.9 Å². The summed E-state index contributed by atoms with van der Waals surface area (Å²) in [6.45, 7) is 7.60. The molecule has 4 heterocycles. The quantitative estimate of drug-likeness (QED) is 0.898. The van der Waals surface area contributed by atoms with Gasteiger partial charge in [0.05, 0.1) is 0 Å². The summed E-state index contributed by atoms with van der Waals surface area (Å²) < 4.78 is 0. The van der Waals surface area contributed by atoms with Gasteiger partial charge in [0.2, 0.25) is 0 Å². The highest BCUT2D eigenvalue weighted by Gasteiger charge is 2.38. The van der Waals surface area contributed by atoms with Crippen LogP contribution in [0.1, 0.15) is 30.9 Å². The number of piperidine rings is 3. The Morgan fingerprint density at radius 2 is 1.76 bits per heavy atom. The Hall–Kier alpha value is -0.900. The number of rotatable bonds is 2. The monoisotopic (exact) mass is 285 g/mol. The van der Waals surface area contributed by atoms with E-state index < -0.39 is 0 Å². The number of hydrogen-bond acceptors (Lipinski definition) is 3. The van der Waals surface area contributed by atoms with Crippen LogP contribution in [0.15, 0.2) is 30.3 Å². The maximum Gasteiger partial charge on any atom is 0.0449 e. The Labute approximate surface area is 128 Å². The first-order chi connectivity index (χ1) is 10.4. The number of nitrogens with zero attached hydrogens (tertiary/aromatic N) is 2. The van der Waals surface area contributed by atoms with Crippen molar-refractivity contribution in [2.24, 2.45) is 5.92 Å². The van der Waals surface area contributed by atoms with Crippen molar-refractivity contribution in [1.82, 2.24) is 15.1 Å². The van der Waals surface area contributed by atoms with Crippen LogP contribution in [0.5, 0.6) is 0 Å². The Morgan fingerprint density at radius 1 is 0.952 bits per heavy atom. The van der Waals surface area contributed by atoms with Crippen molar-refractivity contribution in [2.45, 2.75) is 31.3 Å². The molecule has 3 nitrogen and oxygen atoms in total. The first-order valence-electron chi connectivity index (χ1n) is 8.65. The Morgan fingerprint density at radius 3 is 2.48 bits per heavy atom. The molecule has 2 atom stereocenters. The molecule has 0 spiro atoms. The molecular weight excluding hydrogens is 258 g/mol. The van der Waals surface area contributed by atoms with Gasteiger partial charge in [-0.25, -0.2) is 0 Å². The second-order valence-electron chi connectivity index (χ2n) is 6.97. The van der Waals surface area contributed by atoms with Crippen molar-refractivity contribution >= 4 is 0 Å². The van der Waals surface area contributed by atoms with Crippen molar-refractivity contribution in [2.75, 3.05) is 39.3 Å². The predicted octanol–water partition coefficient (Wildman–Crippen LogP) is 2.12. The molecule has 1 aromatic rings. The highest BCUT2D eigenvalue weighted by atomic mass is 15.3. The molecule has 4 aliphatic heterocycles. The van der Waals surface area contributed by atoms with Crippen LogP contribution in [-0.4, -0.2) is 55.1 Å². The minimum Gasteiger partial charge on any atom is -0.309 e. The molecule has 1 N–H and O–H groups in total. The molecule has 5 rings (SSSR count). The van der Waals surface area contributed by atoms with Crippen LogP contribution in [0.3, 0.4) is 0 Å². The third-order valence-electron chi connectivity index (χ3n) is 5.72. The minimum absolute atomic E-state index is 0.504. The van der Waals surface area contributed by atoms with Gasteiger partial charge in [-0.15, -0.1) is 0 Å².